The molecule has 3 aliphatic rings. The van der Waals surface area contributed by atoms with E-state index in [1.54, 1.807) is 7.11 Å². The molecule has 2 aromatic carbocycles. The molecule has 0 aromatic heterocycles. The van der Waals surface area contributed by atoms with Gasteiger partial charge in [-0.25, -0.2) is 4.99 Å². The van der Waals surface area contributed by atoms with Crippen LogP contribution < -0.4 is 9.47 Å². The number of hydrogen-bond acceptors (Lipinski definition) is 5. The lowest BCUT2D eigenvalue weighted by atomic mass is 10.1. The number of carbonyl (C=O) groups is 1. The number of rotatable bonds is 2. The molecule has 1 aliphatic carbocycles. The van der Waals surface area contributed by atoms with E-state index < -0.39 is 0 Å². The molecule has 1 amide bonds. The van der Waals surface area contributed by atoms with Crippen molar-refractivity contribution >= 4 is 17.4 Å². The monoisotopic (exact) mass is 405 g/mol. The second kappa shape index (κ2) is 7.35. The van der Waals surface area contributed by atoms with Gasteiger partial charge in [-0.2, -0.15) is 0 Å². The zero-order valence-electron chi connectivity index (χ0n) is 17.7. The van der Waals surface area contributed by atoms with Gasteiger partial charge >= 0.3 is 0 Å². The summed E-state index contributed by atoms with van der Waals surface area (Å²) in [4.78, 5) is 22.0. The number of piperazine rings is 1. The van der Waals surface area contributed by atoms with Crippen LogP contribution in [0.5, 0.6) is 17.2 Å². The minimum Gasteiger partial charge on any atom is -0.497 e. The first kappa shape index (κ1) is 19.0. The lowest BCUT2D eigenvalue weighted by Gasteiger charge is -2.41. The van der Waals surface area contributed by atoms with Gasteiger partial charge < -0.3 is 19.3 Å². The van der Waals surface area contributed by atoms with E-state index in [9.17, 15) is 4.79 Å². The summed E-state index contributed by atoms with van der Waals surface area (Å²) in [5.74, 6) is 3.69. The van der Waals surface area contributed by atoms with E-state index in [4.69, 9.17) is 14.5 Å². The Morgan fingerprint density at radius 2 is 1.97 bits per heavy atom. The quantitative estimate of drug-likeness (QED) is 0.754. The maximum atomic E-state index is 12.6. The number of amidine groups is 1. The van der Waals surface area contributed by atoms with Gasteiger partial charge in [-0.15, -0.1) is 0 Å². The lowest BCUT2D eigenvalue weighted by molar-refractivity contribution is -0.136. The summed E-state index contributed by atoms with van der Waals surface area (Å²) >= 11 is 0. The van der Waals surface area contributed by atoms with Crippen LogP contribution in [0.1, 0.15) is 30.9 Å². The molecule has 0 N–H and O–H groups in total. The number of hydrogen-bond donors (Lipinski definition) is 0. The van der Waals surface area contributed by atoms with Gasteiger partial charge in [0.05, 0.1) is 12.7 Å². The normalized spacial score (nSPS) is 20.5. The Kier molecular flexibility index (Phi) is 4.65. The van der Waals surface area contributed by atoms with Gasteiger partial charge in [-0.3, -0.25) is 4.79 Å². The third kappa shape index (κ3) is 3.40. The molecule has 1 saturated carbocycles. The second-order valence-electron chi connectivity index (χ2n) is 8.47. The van der Waals surface area contributed by atoms with Gasteiger partial charge in [0.15, 0.2) is 5.75 Å². The number of benzene rings is 2. The number of methoxy groups -OCH3 is 1. The molecule has 6 nitrogen and oxygen atoms in total. The molecule has 6 heteroatoms. The van der Waals surface area contributed by atoms with E-state index in [-0.39, 0.29) is 12.0 Å². The first-order chi connectivity index (χ1) is 14.5. The number of nitrogens with zero attached hydrogens (tertiary/aromatic N) is 3. The number of aryl methyl sites for hydroxylation is 1. The van der Waals surface area contributed by atoms with Crippen LogP contribution in [-0.4, -0.2) is 54.3 Å². The summed E-state index contributed by atoms with van der Waals surface area (Å²) < 4.78 is 11.7. The van der Waals surface area contributed by atoms with Crippen LogP contribution in [-0.2, 0) is 4.79 Å². The topological polar surface area (TPSA) is 54.4 Å². The summed E-state index contributed by atoms with van der Waals surface area (Å²) in [7, 11) is 1.66. The summed E-state index contributed by atoms with van der Waals surface area (Å²) in [5.41, 5.74) is 2.88. The molecule has 0 spiro atoms. The average Bonchev–Trinajstić information content (AvgIpc) is 3.59. The van der Waals surface area contributed by atoms with E-state index in [0.29, 0.717) is 5.91 Å². The fourth-order valence-corrected chi connectivity index (χ4v) is 4.27. The molecule has 2 heterocycles. The standard InChI is InChI=1S/C24H27N3O3/c1-15-4-9-20-22(12-15)30-21-13-18(29-3)7-8-19(21)23(25-20)26-10-11-27(16(2)14-26)24(28)17-5-6-17/h4,7-9,12-13,16-17H,5-6,10-11,14H2,1-3H3. The SMILES string of the molecule is COc1ccc2c(c1)Oc1cc(C)ccc1N=C2N1CCN(C(=O)C2CC2)C(C)C1. The van der Waals surface area contributed by atoms with Crippen molar-refractivity contribution in [3.63, 3.8) is 0 Å². The van der Waals surface area contributed by atoms with E-state index >= 15 is 0 Å². The second-order valence-corrected chi connectivity index (χ2v) is 8.47. The molecular weight excluding hydrogens is 378 g/mol. The molecule has 1 unspecified atom stereocenters. The van der Waals surface area contributed by atoms with Gasteiger partial charge in [0.1, 0.15) is 23.0 Å². The Balaban J connectivity index is 1.51. The van der Waals surface area contributed by atoms with Crippen LogP contribution in [0.2, 0.25) is 0 Å². The van der Waals surface area contributed by atoms with E-state index in [1.165, 1.54) is 0 Å². The molecule has 2 aliphatic heterocycles. The summed E-state index contributed by atoms with van der Waals surface area (Å²) in [5, 5.41) is 0. The number of ether oxygens (including phenoxy) is 2. The maximum absolute atomic E-state index is 12.6. The molecule has 1 saturated heterocycles. The summed E-state index contributed by atoms with van der Waals surface area (Å²) in [6.45, 7) is 6.41. The first-order valence-electron chi connectivity index (χ1n) is 10.6. The van der Waals surface area contributed by atoms with Crippen molar-refractivity contribution in [2.45, 2.75) is 32.7 Å². The predicted molar refractivity (Wildman–Crippen MR) is 116 cm³/mol. The minimum absolute atomic E-state index is 0.151. The zero-order valence-corrected chi connectivity index (χ0v) is 17.7. The van der Waals surface area contributed by atoms with Crippen molar-refractivity contribution in [2.75, 3.05) is 26.7 Å². The fraction of sp³-hybridized carbons (Fsp3) is 0.417. The Morgan fingerprint density at radius 1 is 1.13 bits per heavy atom. The summed E-state index contributed by atoms with van der Waals surface area (Å²) in [6.07, 6.45) is 2.09. The van der Waals surface area contributed by atoms with Crippen molar-refractivity contribution in [3.8, 4) is 17.2 Å². The highest BCUT2D eigenvalue weighted by molar-refractivity contribution is 6.04. The number of carbonyl (C=O) groups excluding carboxylic acids is 1. The molecule has 5 rings (SSSR count). The smallest absolute Gasteiger partial charge is 0.226 e. The summed E-state index contributed by atoms with van der Waals surface area (Å²) in [6, 6.07) is 12.1. The van der Waals surface area contributed by atoms with E-state index in [2.05, 4.69) is 17.9 Å². The minimum atomic E-state index is 0.151. The van der Waals surface area contributed by atoms with E-state index in [1.807, 2.05) is 42.2 Å². The third-order valence-corrected chi connectivity index (χ3v) is 6.13. The van der Waals surface area contributed by atoms with Crippen LogP contribution in [0, 0.1) is 12.8 Å². The number of fused-ring (bicyclic) bond motifs is 2. The first-order valence-corrected chi connectivity index (χ1v) is 10.6. The molecule has 0 bridgehead atoms. The highest BCUT2D eigenvalue weighted by Gasteiger charge is 2.38. The van der Waals surface area contributed by atoms with Crippen molar-refractivity contribution in [3.05, 3.63) is 47.5 Å². The molecule has 156 valence electrons. The third-order valence-electron chi connectivity index (χ3n) is 6.13. The Bertz CT molecular complexity index is 1030. The predicted octanol–water partition coefficient (Wildman–Crippen LogP) is 4.13. The molecule has 0 radical (unpaired) electrons. The Hall–Kier alpha value is -3.02. The molecule has 2 fully saturated rings. The number of amides is 1. The zero-order chi connectivity index (χ0) is 20.8. The van der Waals surface area contributed by atoms with Crippen LogP contribution in [0.3, 0.4) is 0 Å². The Labute approximate surface area is 177 Å². The average molecular weight is 405 g/mol. The van der Waals surface area contributed by atoms with Gasteiger partial charge in [0, 0.05) is 37.7 Å². The molecule has 1 atom stereocenters. The molecule has 30 heavy (non-hydrogen) atoms. The largest absolute Gasteiger partial charge is 0.497 e. The van der Waals surface area contributed by atoms with Crippen molar-refractivity contribution in [1.29, 1.82) is 0 Å². The highest BCUT2D eigenvalue weighted by atomic mass is 16.5. The fourth-order valence-electron chi connectivity index (χ4n) is 4.27. The molecular formula is C24H27N3O3. The van der Waals surface area contributed by atoms with Crippen molar-refractivity contribution in [2.24, 2.45) is 10.9 Å². The highest BCUT2D eigenvalue weighted by Crippen LogP contribution is 2.40. The van der Waals surface area contributed by atoms with Crippen molar-refractivity contribution < 1.29 is 14.3 Å². The molecule has 2 aromatic rings. The van der Waals surface area contributed by atoms with Crippen LogP contribution >= 0.6 is 0 Å². The lowest BCUT2D eigenvalue weighted by Crippen LogP contribution is -2.56. The van der Waals surface area contributed by atoms with Crippen molar-refractivity contribution in [1.82, 2.24) is 9.80 Å². The van der Waals surface area contributed by atoms with Crippen LogP contribution in [0.4, 0.5) is 5.69 Å². The van der Waals surface area contributed by atoms with Gasteiger partial charge in [-0.05, 0) is 56.5 Å². The van der Waals surface area contributed by atoms with Gasteiger partial charge in [0.2, 0.25) is 5.91 Å². The van der Waals surface area contributed by atoms with Crippen LogP contribution in [0.25, 0.3) is 0 Å². The van der Waals surface area contributed by atoms with Gasteiger partial charge in [0.25, 0.3) is 0 Å². The van der Waals surface area contributed by atoms with Gasteiger partial charge in [-0.1, -0.05) is 6.07 Å². The van der Waals surface area contributed by atoms with E-state index in [0.717, 1.165) is 72.4 Å². The maximum Gasteiger partial charge on any atom is 0.226 e. The van der Waals surface area contributed by atoms with Crippen LogP contribution in [0.15, 0.2) is 41.4 Å². The Morgan fingerprint density at radius 3 is 2.70 bits per heavy atom. The number of aliphatic imine (C=N–C) groups is 1.